The zero-order chi connectivity index (χ0) is 15.2. The molecule has 3 N–H and O–H groups in total. The van der Waals surface area contributed by atoms with Crippen LogP contribution >= 0.6 is 15.9 Å². The molecular formula is C14H17BrN4O2. The lowest BCUT2D eigenvalue weighted by Gasteiger charge is -2.13. The lowest BCUT2D eigenvalue weighted by molar-refractivity contribution is -0.118. The van der Waals surface area contributed by atoms with Gasteiger partial charge in [0.25, 0.3) is 0 Å². The quantitative estimate of drug-likeness (QED) is 0.827. The maximum atomic E-state index is 11.9. The normalized spacial score (nSPS) is 12.1. The molecule has 0 aliphatic rings. The number of benzene rings is 1. The minimum atomic E-state index is -0.703. The van der Waals surface area contributed by atoms with Gasteiger partial charge in [0.1, 0.15) is 11.9 Å². The Morgan fingerprint density at radius 3 is 2.81 bits per heavy atom. The van der Waals surface area contributed by atoms with Crippen LogP contribution in [0.2, 0.25) is 0 Å². The number of carbonyl (C=O) groups excluding carboxylic acids is 1. The van der Waals surface area contributed by atoms with E-state index in [1.54, 1.807) is 16.9 Å². The molecule has 2 aromatic rings. The number of nitrogens with two attached hydrogens (primary N) is 1. The van der Waals surface area contributed by atoms with Crippen LogP contribution in [-0.2, 0) is 16.1 Å². The van der Waals surface area contributed by atoms with E-state index in [0.717, 1.165) is 10.0 Å². The van der Waals surface area contributed by atoms with Gasteiger partial charge in [-0.05, 0) is 17.7 Å². The number of rotatable bonds is 6. The molecule has 0 spiro atoms. The number of nitrogens with zero attached hydrogens (tertiary/aromatic N) is 2. The van der Waals surface area contributed by atoms with Crippen LogP contribution in [0.15, 0.2) is 41.0 Å². The van der Waals surface area contributed by atoms with Gasteiger partial charge in [0.2, 0.25) is 5.91 Å². The average molecular weight is 353 g/mol. The van der Waals surface area contributed by atoms with Crippen molar-refractivity contribution in [3.05, 3.63) is 46.6 Å². The number of hydrogen-bond donors (Lipinski definition) is 2. The van der Waals surface area contributed by atoms with Gasteiger partial charge in [0.05, 0.1) is 19.3 Å². The van der Waals surface area contributed by atoms with Crippen LogP contribution in [0, 0.1) is 0 Å². The molecule has 0 fully saturated rings. The Kier molecular flexibility index (Phi) is 5.49. The SMILES string of the molecule is COCC(N)C(=O)Nc1ccnn1Cc1ccc(Br)cc1. The Bertz CT molecular complexity index is 597. The van der Waals surface area contributed by atoms with Crippen molar-refractivity contribution in [1.29, 1.82) is 0 Å². The van der Waals surface area contributed by atoms with Gasteiger partial charge >= 0.3 is 0 Å². The van der Waals surface area contributed by atoms with E-state index >= 15 is 0 Å². The Hall–Kier alpha value is -1.70. The summed E-state index contributed by atoms with van der Waals surface area (Å²) >= 11 is 3.40. The zero-order valence-corrected chi connectivity index (χ0v) is 13.2. The van der Waals surface area contributed by atoms with Crippen LogP contribution in [0.4, 0.5) is 5.82 Å². The predicted octanol–water partition coefficient (Wildman–Crippen LogP) is 1.61. The average Bonchev–Trinajstić information content (AvgIpc) is 2.89. The van der Waals surface area contributed by atoms with Gasteiger partial charge in [-0.2, -0.15) is 5.10 Å². The minimum absolute atomic E-state index is 0.173. The molecule has 1 amide bonds. The van der Waals surface area contributed by atoms with Gasteiger partial charge in [0.15, 0.2) is 0 Å². The number of hydrogen-bond acceptors (Lipinski definition) is 4. The van der Waals surface area contributed by atoms with Gasteiger partial charge in [-0.25, -0.2) is 4.68 Å². The molecule has 1 aromatic heterocycles. The number of carbonyl (C=O) groups is 1. The lowest BCUT2D eigenvalue weighted by Crippen LogP contribution is -2.39. The molecule has 1 unspecified atom stereocenters. The predicted molar refractivity (Wildman–Crippen MR) is 84.0 cm³/mol. The molecule has 7 heteroatoms. The lowest BCUT2D eigenvalue weighted by atomic mass is 10.2. The molecule has 0 saturated heterocycles. The summed E-state index contributed by atoms with van der Waals surface area (Å²) < 4.78 is 7.60. The van der Waals surface area contributed by atoms with Gasteiger partial charge in [-0.3, -0.25) is 4.79 Å². The number of anilines is 1. The van der Waals surface area contributed by atoms with Crippen LogP contribution in [0.1, 0.15) is 5.56 Å². The molecule has 6 nitrogen and oxygen atoms in total. The van der Waals surface area contributed by atoms with Gasteiger partial charge in [-0.15, -0.1) is 0 Å². The summed E-state index contributed by atoms with van der Waals surface area (Å²) in [4.78, 5) is 11.9. The maximum Gasteiger partial charge on any atom is 0.244 e. The first-order valence-corrected chi connectivity index (χ1v) is 7.21. The first-order valence-electron chi connectivity index (χ1n) is 6.42. The molecule has 1 atom stereocenters. The molecular weight excluding hydrogens is 336 g/mol. The fourth-order valence-corrected chi connectivity index (χ4v) is 2.07. The molecule has 0 aliphatic carbocycles. The Morgan fingerprint density at radius 1 is 1.43 bits per heavy atom. The van der Waals surface area contributed by atoms with E-state index in [1.807, 2.05) is 24.3 Å². The van der Waals surface area contributed by atoms with Crippen LogP contribution in [0.25, 0.3) is 0 Å². The van der Waals surface area contributed by atoms with Gasteiger partial charge in [0, 0.05) is 17.6 Å². The largest absolute Gasteiger partial charge is 0.383 e. The van der Waals surface area contributed by atoms with E-state index < -0.39 is 6.04 Å². The number of amides is 1. The molecule has 0 bridgehead atoms. The first kappa shape index (κ1) is 15.7. The molecule has 1 heterocycles. The van der Waals surface area contributed by atoms with Crippen molar-refractivity contribution in [2.75, 3.05) is 19.0 Å². The van der Waals surface area contributed by atoms with Crippen LogP contribution < -0.4 is 11.1 Å². The highest BCUT2D eigenvalue weighted by atomic mass is 79.9. The van der Waals surface area contributed by atoms with Crippen LogP contribution in [0.3, 0.4) is 0 Å². The monoisotopic (exact) mass is 352 g/mol. The van der Waals surface area contributed by atoms with E-state index in [-0.39, 0.29) is 12.5 Å². The summed E-state index contributed by atoms with van der Waals surface area (Å²) in [6.45, 7) is 0.738. The molecule has 112 valence electrons. The van der Waals surface area contributed by atoms with Crippen molar-refractivity contribution in [3.63, 3.8) is 0 Å². The van der Waals surface area contributed by atoms with Crippen molar-refractivity contribution >= 4 is 27.7 Å². The van der Waals surface area contributed by atoms with E-state index in [9.17, 15) is 4.79 Å². The highest BCUT2D eigenvalue weighted by molar-refractivity contribution is 9.10. The van der Waals surface area contributed by atoms with E-state index in [2.05, 4.69) is 26.3 Å². The molecule has 21 heavy (non-hydrogen) atoms. The molecule has 0 saturated carbocycles. The van der Waals surface area contributed by atoms with Crippen LogP contribution in [0.5, 0.6) is 0 Å². The van der Waals surface area contributed by atoms with E-state index in [4.69, 9.17) is 10.5 Å². The summed E-state index contributed by atoms with van der Waals surface area (Å²) in [5.41, 5.74) is 6.77. The molecule has 0 radical (unpaired) electrons. The fourth-order valence-electron chi connectivity index (χ4n) is 1.80. The Labute approximate surface area is 131 Å². The summed E-state index contributed by atoms with van der Waals surface area (Å²) in [5, 5.41) is 6.96. The van der Waals surface area contributed by atoms with E-state index in [1.165, 1.54) is 7.11 Å². The van der Waals surface area contributed by atoms with E-state index in [0.29, 0.717) is 12.4 Å². The second kappa shape index (κ2) is 7.35. The minimum Gasteiger partial charge on any atom is -0.383 e. The fraction of sp³-hybridized carbons (Fsp3) is 0.286. The Balaban J connectivity index is 2.04. The molecule has 0 aliphatic heterocycles. The highest BCUT2D eigenvalue weighted by Crippen LogP contribution is 2.14. The topological polar surface area (TPSA) is 82.2 Å². The Morgan fingerprint density at radius 2 is 2.14 bits per heavy atom. The number of aromatic nitrogens is 2. The van der Waals surface area contributed by atoms with Crippen molar-refractivity contribution < 1.29 is 9.53 Å². The van der Waals surface area contributed by atoms with Gasteiger partial charge in [-0.1, -0.05) is 28.1 Å². The second-order valence-corrected chi connectivity index (χ2v) is 5.47. The third-order valence-corrected chi connectivity index (χ3v) is 3.43. The zero-order valence-electron chi connectivity index (χ0n) is 11.6. The summed E-state index contributed by atoms with van der Waals surface area (Å²) in [5.74, 6) is 0.309. The van der Waals surface area contributed by atoms with Crippen molar-refractivity contribution in [3.8, 4) is 0 Å². The summed E-state index contributed by atoms with van der Waals surface area (Å²) in [7, 11) is 1.50. The highest BCUT2D eigenvalue weighted by Gasteiger charge is 2.15. The molecule has 2 rings (SSSR count). The smallest absolute Gasteiger partial charge is 0.244 e. The third-order valence-electron chi connectivity index (χ3n) is 2.90. The van der Waals surface area contributed by atoms with Crippen molar-refractivity contribution in [1.82, 2.24) is 9.78 Å². The standard InChI is InChI=1S/C14H17BrN4O2/c1-21-9-12(16)14(20)18-13-6-7-17-19(13)8-10-2-4-11(15)5-3-10/h2-7,12H,8-9,16H2,1H3,(H,18,20). The third kappa shape index (κ3) is 4.38. The number of ether oxygens (including phenoxy) is 1. The van der Waals surface area contributed by atoms with Gasteiger partial charge < -0.3 is 15.8 Å². The van der Waals surface area contributed by atoms with Crippen molar-refractivity contribution in [2.24, 2.45) is 5.73 Å². The number of nitrogens with one attached hydrogen (secondary N) is 1. The summed E-state index contributed by atoms with van der Waals surface area (Å²) in [6.07, 6.45) is 1.64. The molecule has 1 aromatic carbocycles. The number of halogens is 1. The maximum absolute atomic E-state index is 11.9. The summed E-state index contributed by atoms with van der Waals surface area (Å²) in [6, 6.07) is 8.95. The van der Waals surface area contributed by atoms with Crippen LogP contribution in [-0.4, -0.2) is 35.4 Å². The van der Waals surface area contributed by atoms with Crippen molar-refractivity contribution in [2.45, 2.75) is 12.6 Å². The number of methoxy groups -OCH3 is 1. The second-order valence-electron chi connectivity index (χ2n) is 4.55. The first-order chi connectivity index (χ1) is 10.1.